The Morgan fingerprint density at radius 3 is 2.73 bits per heavy atom. The zero-order valence-corrected chi connectivity index (χ0v) is 8.82. The van der Waals surface area contributed by atoms with Crippen LogP contribution in [0.2, 0.25) is 0 Å². The van der Waals surface area contributed by atoms with E-state index < -0.39 is 0 Å². The van der Waals surface area contributed by atoms with Crippen molar-refractivity contribution in [2.24, 2.45) is 5.73 Å². The first-order chi connectivity index (χ1) is 7.35. The van der Waals surface area contributed by atoms with Crippen molar-refractivity contribution in [1.82, 2.24) is 0 Å². The van der Waals surface area contributed by atoms with Crippen molar-refractivity contribution < 1.29 is 9.47 Å². The van der Waals surface area contributed by atoms with Crippen LogP contribution in [-0.4, -0.2) is 25.4 Å². The molecule has 0 spiro atoms. The smallest absolute Gasteiger partial charge is 0.106 e. The number of hydrogen-bond acceptors (Lipinski definition) is 3. The Labute approximate surface area is 90.2 Å². The highest BCUT2D eigenvalue weighted by Crippen LogP contribution is 2.23. The zero-order chi connectivity index (χ0) is 10.6. The number of rotatable bonds is 4. The molecule has 0 saturated carbocycles. The Balaban J connectivity index is 1.92. The molecule has 1 heterocycles. The molecule has 1 aromatic carbocycles. The molecule has 1 saturated heterocycles. The Morgan fingerprint density at radius 1 is 1.33 bits per heavy atom. The zero-order valence-electron chi connectivity index (χ0n) is 8.82. The van der Waals surface area contributed by atoms with Crippen LogP contribution in [0.5, 0.6) is 0 Å². The lowest BCUT2D eigenvalue weighted by molar-refractivity contribution is -0.0530. The molecule has 1 aromatic rings. The third-order valence-electron chi connectivity index (χ3n) is 2.83. The molecule has 1 atom stereocenters. The molecule has 0 radical (unpaired) electrons. The van der Waals surface area contributed by atoms with Crippen molar-refractivity contribution in [3.8, 4) is 0 Å². The van der Waals surface area contributed by atoms with Gasteiger partial charge in [-0.2, -0.15) is 0 Å². The van der Waals surface area contributed by atoms with Crippen LogP contribution in [0.15, 0.2) is 30.3 Å². The van der Waals surface area contributed by atoms with E-state index in [-0.39, 0.29) is 5.60 Å². The summed E-state index contributed by atoms with van der Waals surface area (Å²) in [6, 6.07) is 10.1. The molecule has 0 aliphatic carbocycles. The van der Waals surface area contributed by atoms with Crippen LogP contribution in [0.25, 0.3) is 0 Å². The summed E-state index contributed by atoms with van der Waals surface area (Å²) in [7, 11) is 0. The summed E-state index contributed by atoms with van der Waals surface area (Å²) in [4.78, 5) is 0. The van der Waals surface area contributed by atoms with Gasteiger partial charge in [-0.05, 0) is 5.56 Å². The second-order valence-corrected chi connectivity index (χ2v) is 3.96. The summed E-state index contributed by atoms with van der Waals surface area (Å²) >= 11 is 0. The Kier molecular flexibility index (Phi) is 3.36. The maximum absolute atomic E-state index is 5.88. The molecule has 0 aromatic heterocycles. The summed E-state index contributed by atoms with van der Waals surface area (Å²) in [6.07, 6.45) is 0.899. The molecular formula is C12H17NO2. The van der Waals surface area contributed by atoms with Gasteiger partial charge in [0.1, 0.15) is 5.60 Å². The van der Waals surface area contributed by atoms with Crippen LogP contribution in [0.1, 0.15) is 12.0 Å². The van der Waals surface area contributed by atoms with E-state index in [4.69, 9.17) is 15.2 Å². The predicted molar refractivity (Wildman–Crippen MR) is 58.5 cm³/mol. The molecule has 1 aliphatic heterocycles. The number of nitrogens with two attached hydrogens (primary N) is 1. The number of benzene rings is 1. The lowest BCUT2D eigenvalue weighted by atomic mass is 10.0. The summed E-state index contributed by atoms with van der Waals surface area (Å²) < 4.78 is 11.2. The average molecular weight is 207 g/mol. The lowest BCUT2D eigenvalue weighted by Crippen LogP contribution is -2.41. The summed E-state index contributed by atoms with van der Waals surface area (Å²) in [5.74, 6) is 0. The highest BCUT2D eigenvalue weighted by Gasteiger charge is 2.34. The van der Waals surface area contributed by atoms with Crippen LogP contribution in [0.3, 0.4) is 0 Å². The van der Waals surface area contributed by atoms with Gasteiger partial charge in [0.15, 0.2) is 0 Å². The monoisotopic (exact) mass is 207 g/mol. The Bertz CT molecular complexity index is 294. The van der Waals surface area contributed by atoms with Gasteiger partial charge < -0.3 is 15.2 Å². The van der Waals surface area contributed by atoms with Gasteiger partial charge in [0.2, 0.25) is 0 Å². The van der Waals surface area contributed by atoms with E-state index in [1.165, 1.54) is 5.56 Å². The molecule has 0 amide bonds. The summed E-state index contributed by atoms with van der Waals surface area (Å²) in [5.41, 5.74) is 6.65. The van der Waals surface area contributed by atoms with Crippen LogP contribution < -0.4 is 5.73 Å². The van der Waals surface area contributed by atoms with Crippen LogP contribution in [-0.2, 0) is 16.1 Å². The molecule has 0 bridgehead atoms. The van der Waals surface area contributed by atoms with Gasteiger partial charge >= 0.3 is 0 Å². The van der Waals surface area contributed by atoms with Crippen LogP contribution >= 0.6 is 0 Å². The standard InChI is InChI=1S/C12H17NO2/c13-9-12(6-7-14-10-12)15-8-11-4-2-1-3-5-11/h1-5H,6-10,13H2. The Hall–Kier alpha value is -0.900. The van der Waals surface area contributed by atoms with Crippen molar-refractivity contribution in [2.45, 2.75) is 18.6 Å². The first-order valence-electron chi connectivity index (χ1n) is 5.30. The van der Waals surface area contributed by atoms with Gasteiger partial charge in [-0.3, -0.25) is 0 Å². The van der Waals surface area contributed by atoms with E-state index in [9.17, 15) is 0 Å². The quantitative estimate of drug-likeness (QED) is 0.810. The molecule has 3 nitrogen and oxygen atoms in total. The van der Waals surface area contributed by atoms with Crippen molar-refractivity contribution in [3.05, 3.63) is 35.9 Å². The molecule has 1 fully saturated rings. The third kappa shape index (κ3) is 2.56. The molecular weight excluding hydrogens is 190 g/mol. The first kappa shape index (κ1) is 10.6. The second kappa shape index (κ2) is 4.75. The molecule has 2 N–H and O–H groups in total. The predicted octanol–water partition coefficient (Wildman–Crippen LogP) is 1.32. The van der Waals surface area contributed by atoms with E-state index >= 15 is 0 Å². The fourth-order valence-corrected chi connectivity index (χ4v) is 1.73. The lowest BCUT2D eigenvalue weighted by Gasteiger charge is -2.25. The molecule has 15 heavy (non-hydrogen) atoms. The van der Waals surface area contributed by atoms with Gasteiger partial charge in [-0.1, -0.05) is 30.3 Å². The van der Waals surface area contributed by atoms with Gasteiger partial charge in [0.25, 0.3) is 0 Å². The van der Waals surface area contributed by atoms with Crippen LogP contribution in [0.4, 0.5) is 0 Å². The van der Waals surface area contributed by atoms with Gasteiger partial charge in [-0.15, -0.1) is 0 Å². The molecule has 1 aliphatic rings. The SMILES string of the molecule is NCC1(OCc2ccccc2)CCOC1. The Morgan fingerprint density at radius 2 is 2.13 bits per heavy atom. The summed E-state index contributed by atoms with van der Waals surface area (Å²) in [6.45, 7) is 2.52. The van der Waals surface area contributed by atoms with Crippen LogP contribution in [0, 0.1) is 0 Å². The normalized spacial score (nSPS) is 25.7. The van der Waals surface area contributed by atoms with Gasteiger partial charge in [0, 0.05) is 19.6 Å². The third-order valence-corrected chi connectivity index (χ3v) is 2.83. The molecule has 82 valence electrons. The minimum absolute atomic E-state index is 0.254. The number of ether oxygens (including phenoxy) is 2. The average Bonchev–Trinajstić information content (AvgIpc) is 2.77. The first-order valence-corrected chi connectivity index (χ1v) is 5.30. The maximum atomic E-state index is 5.88. The molecule has 1 unspecified atom stereocenters. The van der Waals surface area contributed by atoms with Crippen molar-refractivity contribution in [1.29, 1.82) is 0 Å². The van der Waals surface area contributed by atoms with Crippen molar-refractivity contribution in [3.63, 3.8) is 0 Å². The van der Waals surface area contributed by atoms with Gasteiger partial charge in [0.05, 0.1) is 13.2 Å². The molecule has 3 heteroatoms. The van der Waals surface area contributed by atoms with E-state index in [2.05, 4.69) is 12.1 Å². The fraction of sp³-hybridized carbons (Fsp3) is 0.500. The minimum Gasteiger partial charge on any atom is -0.378 e. The van der Waals surface area contributed by atoms with Crippen molar-refractivity contribution in [2.75, 3.05) is 19.8 Å². The highest BCUT2D eigenvalue weighted by atomic mass is 16.6. The van der Waals surface area contributed by atoms with E-state index in [1.807, 2.05) is 18.2 Å². The van der Waals surface area contributed by atoms with E-state index in [0.717, 1.165) is 13.0 Å². The van der Waals surface area contributed by atoms with Crippen molar-refractivity contribution >= 4 is 0 Å². The maximum Gasteiger partial charge on any atom is 0.106 e. The molecule has 2 rings (SSSR count). The van der Waals surface area contributed by atoms with E-state index in [0.29, 0.717) is 19.8 Å². The highest BCUT2D eigenvalue weighted by molar-refractivity contribution is 5.13. The minimum atomic E-state index is -0.254. The fourth-order valence-electron chi connectivity index (χ4n) is 1.73. The summed E-state index contributed by atoms with van der Waals surface area (Å²) in [5, 5.41) is 0. The largest absolute Gasteiger partial charge is 0.378 e. The van der Waals surface area contributed by atoms with Gasteiger partial charge in [-0.25, -0.2) is 0 Å². The van der Waals surface area contributed by atoms with E-state index in [1.54, 1.807) is 0 Å². The second-order valence-electron chi connectivity index (χ2n) is 3.96. The number of hydrogen-bond donors (Lipinski definition) is 1. The topological polar surface area (TPSA) is 44.5 Å².